The number of carboxylic acid groups (broad SMARTS) is 1. The molecule has 4 aromatic rings. The number of nitrogens with zero attached hydrogens (tertiary/aromatic N) is 4. The summed E-state index contributed by atoms with van der Waals surface area (Å²) in [6.45, 7) is 1.80. The van der Waals surface area contributed by atoms with Crippen LogP contribution in [0.4, 0.5) is 5.69 Å². The zero-order valence-corrected chi connectivity index (χ0v) is 13.0. The lowest BCUT2D eigenvalue weighted by molar-refractivity contribution is 0.0692. The van der Waals surface area contributed by atoms with Crippen LogP contribution in [0.2, 0.25) is 0 Å². The van der Waals surface area contributed by atoms with Crippen LogP contribution < -0.4 is 5.32 Å². The Labute approximate surface area is 140 Å². The number of fused-ring (bicyclic) bond motifs is 2. The first-order chi connectivity index (χ1) is 12.0. The molecule has 9 heteroatoms. The van der Waals surface area contributed by atoms with Crippen LogP contribution in [0.25, 0.3) is 16.6 Å². The number of aromatic amines is 1. The van der Waals surface area contributed by atoms with Crippen molar-refractivity contribution in [1.82, 2.24) is 24.6 Å². The van der Waals surface area contributed by atoms with Gasteiger partial charge in [0.25, 0.3) is 5.91 Å². The molecule has 3 aromatic heterocycles. The van der Waals surface area contributed by atoms with Crippen molar-refractivity contribution in [2.45, 2.75) is 6.92 Å². The number of anilines is 1. The van der Waals surface area contributed by atoms with E-state index in [1.165, 1.54) is 6.20 Å². The second-order valence-electron chi connectivity index (χ2n) is 5.47. The summed E-state index contributed by atoms with van der Waals surface area (Å²) in [4.78, 5) is 32.0. The highest BCUT2D eigenvalue weighted by Gasteiger charge is 2.16. The molecular formula is C16H12N6O3. The lowest BCUT2D eigenvalue weighted by Gasteiger charge is -2.09. The Morgan fingerprint density at radius 3 is 2.92 bits per heavy atom. The molecule has 25 heavy (non-hydrogen) atoms. The first kappa shape index (κ1) is 14.8. The zero-order chi connectivity index (χ0) is 17.6. The van der Waals surface area contributed by atoms with Crippen molar-refractivity contribution in [3.8, 4) is 0 Å². The van der Waals surface area contributed by atoms with E-state index in [1.807, 2.05) is 0 Å². The van der Waals surface area contributed by atoms with Gasteiger partial charge in [-0.3, -0.25) is 14.3 Å². The van der Waals surface area contributed by atoms with E-state index < -0.39 is 5.97 Å². The molecule has 0 atom stereocenters. The van der Waals surface area contributed by atoms with E-state index in [0.717, 1.165) is 0 Å². The van der Waals surface area contributed by atoms with Gasteiger partial charge < -0.3 is 10.4 Å². The molecule has 3 N–H and O–H groups in total. The van der Waals surface area contributed by atoms with E-state index in [-0.39, 0.29) is 11.6 Å². The number of aromatic carboxylic acids is 1. The minimum atomic E-state index is -1.14. The van der Waals surface area contributed by atoms with Crippen LogP contribution in [0.3, 0.4) is 0 Å². The van der Waals surface area contributed by atoms with Gasteiger partial charge in [0.2, 0.25) is 0 Å². The van der Waals surface area contributed by atoms with Gasteiger partial charge in [-0.05, 0) is 25.1 Å². The molecule has 1 amide bonds. The number of amides is 1. The van der Waals surface area contributed by atoms with Crippen LogP contribution in [0.15, 0.2) is 36.9 Å². The minimum Gasteiger partial charge on any atom is -0.476 e. The highest BCUT2D eigenvalue weighted by atomic mass is 16.4. The number of carbonyl (C=O) groups excluding carboxylic acids is 1. The molecule has 0 fully saturated rings. The van der Waals surface area contributed by atoms with E-state index in [4.69, 9.17) is 5.11 Å². The number of carboxylic acids is 1. The highest BCUT2D eigenvalue weighted by molar-refractivity contribution is 6.07. The van der Waals surface area contributed by atoms with Gasteiger partial charge in [0.15, 0.2) is 11.3 Å². The van der Waals surface area contributed by atoms with Gasteiger partial charge in [0, 0.05) is 23.0 Å². The quantitative estimate of drug-likeness (QED) is 0.524. The molecule has 0 aliphatic rings. The molecule has 0 saturated carbocycles. The third-order valence-electron chi connectivity index (χ3n) is 3.96. The number of aromatic nitrogens is 5. The number of hydrogen-bond donors (Lipinski definition) is 3. The summed E-state index contributed by atoms with van der Waals surface area (Å²) in [5.74, 6) is -1.49. The third-order valence-corrected chi connectivity index (χ3v) is 3.96. The van der Waals surface area contributed by atoms with E-state index in [1.54, 1.807) is 42.0 Å². The van der Waals surface area contributed by atoms with Crippen LogP contribution in [-0.2, 0) is 0 Å². The lowest BCUT2D eigenvalue weighted by atomic mass is 10.1. The van der Waals surface area contributed by atoms with E-state index in [0.29, 0.717) is 33.5 Å². The summed E-state index contributed by atoms with van der Waals surface area (Å²) in [5.41, 5.74) is 2.70. The van der Waals surface area contributed by atoms with Crippen LogP contribution in [0.5, 0.6) is 0 Å². The van der Waals surface area contributed by atoms with Crippen molar-refractivity contribution in [2.24, 2.45) is 0 Å². The van der Waals surface area contributed by atoms with Crippen molar-refractivity contribution in [3.05, 3.63) is 53.9 Å². The molecule has 4 rings (SSSR count). The fourth-order valence-corrected chi connectivity index (χ4v) is 2.67. The Hall–Kier alpha value is -3.75. The van der Waals surface area contributed by atoms with Crippen LogP contribution in [0, 0.1) is 6.92 Å². The average Bonchev–Trinajstić information content (AvgIpc) is 3.21. The largest absolute Gasteiger partial charge is 0.476 e. The second kappa shape index (κ2) is 5.41. The normalized spacial score (nSPS) is 11.1. The third kappa shape index (κ3) is 2.38. The number of nitrogens with one attached hydrogen (secondary N) is 2. The maximum absolute atomic E-state index is 12.6. The Balaban J connectivity index is 1.70. The Morgan fingerprint density at radius 1 is 1.28 bits per heavy atom. The summed E-state index contributed by atoms with van der Waals surface area (Å²) >= 11 is 0. The molecule has 0 radical (unpaired) electrons. The monoisotopic (exact) mass is 336 g/mol. The summed E-state index contributed by atoms with van der Waals surface area (Å²) in [6.07, 6.45) is 4.68. The molecule has 1 aromatic carbocycles. The molecule has 0 aliphatic heterocycles. The standard InChI is InChI=1S/C16H12N6O3/c1-8-11(5-18-13-6-17-7-22(8)13)15(23)19-9-2-3-12-10(4-9)14(16(24)25)21-20-12/h2-7H,1H3,(H,19,23)(H,20,21)(H,24,25). The van der Waals surface area contributed by atoms with E-state index in [9.17, 15) is 9.59 Å². The highest BCUT2D eigenvalue weighted by Crippen LogP contribution is 2.21. The predicted molar refractivity (Wildman–Crippen MR) is 88.7 cm³/mol. The van der Waals surface area contributed by atoms with Crippen LogP contribution in [0.1, 0.15) is 26.5 Å². The summed E-state index contributed by atoms with van der Waals surface area (Å²) in [7, 11) is 0. The first-order valence-electron chi connectivity index (χ1n) is 7.35. The smallest absolute Gasteiger partial charge is 0.357 e. The Bertz CT molecular complexity index is 1140. The lowest BCUT2D eigenvalue weighted by Crippen LogP contribution is -2.15. The SMILES string of the molecule is Cc1c(C(=O)Nc2ccc3[nH]nc(C(=O)O)c3c2)cnc2cncn12. The number of rotatable bonds is 3. The Morgan fingerprint density at radius 2 is 2.12 bits per heavy atom. The second-order valence-corrected chi connectivity index (χ2v) is 5.47. The summed E-state index contributed by atoms with van der Waals surface area (Å²) in [6, 6.07) is 4.90. The van der Waals surface area contributed by atoms with Crippen molar-refractivity contribution in [3.63, 3.8) is 0 Å². The molecular weight excluding hydrogens is 324 g/mol. The minimum absolute atomic E-state index is 0.0937. The molecule has 0 unspecified atom stereocenters. The fourth-order valence-electron chi connectivity index (χ4n) is 2.67. The number of aryl methyl sites for hydroxylation is 1. The molecule has 0 aliphatic carbocycles. The average molecular weight is 336 g/mol. The fraction of sp³-hybridized carbons (Fsp3) is 0.0625. The predicted octanol–water partition coefficient (Wildman–Crippen LogP) is 1.86. The van der Waals surface area contributed by atoms with Gasteiger partial charge in [-0.2, -0.15) is 5.10 Å². The van der Waals surface area contributed by atoms with E-state index in [2.05, 4.69) is 25.5 Å². The molecule has 0 spiro atoms. The maximum Gasteiger partial charge on any atom is 0.357 e. The molecule has 0 bridgehead atoms. The van der Waals surface area contributed by atoms with Crippen molar-refractivity contribution < 1.29 is 14.7 Å². The molecule has 0 saturated heterocycles. The number of imidazole rings is 1. The maximum atomic E-state index is 12.6. The number of hydrogen-bond acceptors (Lipinski definition) is 5. The number of carbonyl (C=O) groups is 2. The van der Waals surface area contributed by atoms with Crippen LogP contribution in [-0.4, -0.2) is 41.5 Å². The van der Waals surface area contributed by atoms with Gasteiger partial charge in [0.05, 0.1) is 17.3 Å². The molecule has 3 heterocycles. The topological polar surface area (TPSA) is 125 Å². The van der Waals surface area contributed by atoms with Gasteiger partial charge in [0.1, 0.15) is 6.33 Å². The van der Waals surface area contributed by atoms with Crippen molar-refractivity contribution in [2.75, 3.05) is 5.32 Å². The van der Waals surface area contributed by atoms with Gasteiger partial charge >= 0.3 is 5.97 Å². The number of H-pyrrole nitrogens is 1. The van der Waals surface area contributed by atoms with Gasteiger partial charge in [-0.1, -0.05) is 0 Å². The van der Waals surface area contributed by atoms with E-state index >= 15 is 0 Å². The van der Waals surface area contributed by atoms with Gasteiger partial charge in [-0.15, -0.1) is 0 Å². The summed E-state index contributed by atoms with van der Waals surface area (Å²) in [5, 5.41) is 18.7. The van der Waals surface area contributed by atoms with Gasteiger partial charge in [-0.25, -0.2) is 14.8 Å². The van der Waals surface area contributed by atoms with Crippen molar-refractivity contribution >= 4 is 34.1 Å². The first-order valence-corrected chi connectivity index (χ1v) is 7.35. The zero-order valence-electron chi connectivity index (χ0n) is 13.0. The van der Waals surface area contributed by atoms with Crippen molar-refractivity contribution in [1.29, 1.82) is 0 Å². The van der Waals surface area contributed by atoms with Crippen LogP contribution >= 0.6 is 0 Å². The number of benzene rings is 1. The molecule has 9 nitrogen and oxygen atoms in total. The Kier molecular flexibility index (Phi) is 3.21. The molecule has 124 valence electrons. The summed E-state index contributed by atoms with van der Waals surface area (Å²) < 4.78 is 1.72.